The largest absolute Gasteiger partial charge is 0.333 e. The van der Waals surface area contributed by atoms with Crippen LogP contribution in [0.4, 0.5) is 0 Å². The molecule has 1 aromatic heterocycles. The Morgan fingerprint density at radius 2 is 2.00 bits per heavy atom. The number of thiol groups is 1. The lowest BCUT2D eigenvalue weighted by Gasteiger charge is -2.22. The number of benzene rings is 1. The average Bonchev–Trinajstić information content (AvgIpc) is 2.46. The molecule has 0 atom stereocenters. The number of hydrogen-bond acceptors (Lipinski definition) is 3. The Kier molecular flexibility index (Phi) is 5.02. The van der Waals surface area contributed by atoms with Crippen LogP contribution in [0.25, 0.3) is 0 Å². The number of pyridine rings is 1. The highest BCUT2D eigenvalue weighted by molar-refractivity contribution is 7.80. The van der Waals surface area contributed by atoms with Crippen LogP contribution in [0, 0.1) is 13.8 Å². The minimum absolute atomic E-state index is 0.0224. The molecule has 0 saturated heterocycles. The monoisotopic (exact) mass is 300 g/mol. The topological polar surface area (TPSA) is 33.2 Å². The van der Waals surface area contributed by atoms with Crippen molar-refractivity contribution in [2.75, 3.05) is 6.54 Å². The van der Waals surface area contributed by atoms with Crippen molar-refractivity contribution in [2.24, 2.45) is 0 Å². The number of aryl methyl sites for hydroxylation is 2. The summed E-state index contributed by atoms with van der Waals surface area (Å²) in [6.07, 6.45) is 0. The lowest BCUT2D eigenvalue weighted by Crippen LogP contribution is -2.31. The second-order valence-corrected chi connectivity index (χ2v) is 5.61. The molecule has 0 fully saturated rings. The zero-order chi connectivity index (χ0) is 15.4. The summed E-state index contributed by atoms with van der Waals surface area (Å²) in [7, 11) is 0. The fourth-order valence-electron chi connectivity index (χ4n) is 2.22. The van der Waals surface area contributed by atoms with Gasteiger partial charge in [0.15, 0.2) is 0 Å². The van der Waals surface area contributed by atoms with E-state index in [1.165, 1.54) is 0 Å². The Labute approximate surface area is 131 Å². The fourth-order valence-corrected chi connectivity index (χ4v) is 2.42. The molecular weight excluding hydrogens is 280 g/mol. The first-order chi connectivity index (χ1) is 10.0. The number of nitrogens with zero attached hydrogens (tertiary/aromatic N) is 2. The summed E-state index contributed by atoms with van der Waals surface area (Å²) in [6, 6.07) is 11.5. The van der Waals surface area contributed by atoms with Crippen molar-refractivity contribution in [1.29, 1.82) is 0 Å². The van der Waals surface area contributed by atoms with Crippen LogP contribution in [0.1, 0.15) is 34.2 Å². The molecule has 0 aliphatic rings. The number of aromatic nitrogens is 1. The van der Waals surface area contributed by atoms with Crippen molar-refractivity contribution in [3.63, 3.8) is 0 Å². The van der Waals surface area contributed by atoms with Gasteiger partial charge in [0.2, 0.25) is 0 Å². The number of amides is 1. The Balaban J connectivity index is 2.24. The molecule has 1 aromatic carbocycles. The molecule has 3 nitrogen and oxygen atoms in total. The number of rotatable bonds is 4. The van der Waals surface area contributed by atoms with Crippen molar-refractivity contribution >= 4 is 18.5 Å². The zero-order valence-corrected chi connectivity index (χ0v) is 13.5. The summed E-state index contributed by atoms with van der Waals surface area (Å²) in [5.41, 5.74) is 3.54. The SMILES string of the molecule is CCN(Cc1cccc(C)n1)C(=O)c1cc(S)ccc1C. The van der Waals surface area contributed by atoms with E-state index < -0.39 is 0 Å². The highest BCUT2D eigenvalue weighted by Crippen LogP contribution is 2.17. The van der Waals surface area contributed by atoms with Crippen LogP contribution >= 0.6 is 12.6 Å². The van der Waals surface area contributed by atoms with Gasteiger partial charge >= 0.3 is 0 Å². The smallest absolute Gasteiger partial charge is 0.254 e. The van der Waals surface area contributed by atoms with Crippen LogP contribution in [0.2, 0.25) is 0 Å². The molecule has 0 spiro atoms. The molecule has 2 rings (SSSR count). The molecule has 0 N–H and O–H groups in total. The predicted octanol–water partition coefficient (Wildman–Crippen LogP) is 3.65. The first kappa shape index (κ1) is 15.6. The van der Waals surface area contributed by atoms with E-state index in [9.17, 15) is 4.79 Å². The third-order valence-electron chi connectivity index (χ3n) is 3.42. The van der Waals surface area contributed by atoms with Gasteiger partial charge in [-0.1, -0.05) is 12.1 Å². The lowest BCUT2D eigenvalue weighted by molar-refractivity contribution is 0.0749. The summed E-state index contributed by atoms with van der Waals surface area (Å²) in [6.45, 7) is 7.04. The minimum Gasteiger partial charge on any atom is -0.333 e. The molecule has 4 heteroatoms. The average molecular weight is 300 g/mol. The molecule has 0 aliphatic heterocycles. The minimum atomic E-state index is 0.0224. The Hall–Kier alpha value is -1.81. The zero-order valence-electron chi connectivity index (χ0n) is 12.6. The third-order valence-corrected chi connectivity index (χ3v) is 3.70. The van der Waals surface area contributed by atoms with Gasteiger partial charge in [-0.25, -0.2) is 0 Å². The van der Waals surface area contributed by atoms with Crippen LogP contribution in [-0.4, -0.2) is 22.3 Å². The van der Waals surface area contributed by atoms with E-state index in [0.717, 1.165) is 21.8 Å². The second kappa shape index (κ2) is 6.76. The quantitative estimate of drug-likeness (QED) is 0.874. The Bertz CT molecular complexity index is 655. The molecular formula is C17H20N2OS. The second-order valence-electron chi connectivity index (χ2n) is 5.09. The van der Waals surface area contributed by atoms with Crippen molar-refractivity contribution < 1.29 is 4.79 Å². The standard InChI is InChI=1S/C17H20N2OS/c1-4-19(11-14-7-5-6-13(3)18-14)17(20)16-10-15(21)9-8-12(16)2/h5-10,21H,4,11H2,1-3H3. The van der Waals surface area contributed by atoms with Gasteiger partial charge in [-0.05, 0) is 50.6 Å². The maximum Gasteiger partial charge on any atom is 0.254 e. The van der Waals surface area contributed by atoms with Crippen molar-refractivity contribution in [3.05, 3.63) is 58.9 Å². The first-order valence-corrected chi connectivity index (χ1v) is 7.47. The van der Waals surface area contributed by atoms with E-state index >= 15 is 0 Å². The van der Waals surface area contributed by atoms with Crippen molar-refractivity contribution in [2.45, 2.75) is 32.2 Å². The van der Waals surface area contributed by atoms with Crippen LogP contribution in [-0.2, 0) is 6.54 Å². The number of carbonyl (C=O) groups excluding carboxylic acids is 1. The number of carbonyl (C=O) groups is 1. The molecule has 0 bridgehead atoms. The van der Waals surface area contributed by atoms with Gasteiger partial charge in [0.25, 0.3) is 5.91 Å². The van der Waals surface area contributed by atoms with Gasteiger partial charge in [0.1, 0.15) is 0 Å². The highest BCUT2D eigenvalue weighted by atomic mass is 32.1. The van der Waals surface area contributed by atoms with Crippen molar-refractivity contribution in [3.8, 4) is 0 Å². The third kappa shape index (κ3) is 3.85. The van der Waals surface area contributed by atoms with E-state index in [-0.39, 0.29) is 5.91 Å². The fraction of sp³-hybridized carbons (Fsp3) is 0.294. The normalized spacial score (nSPS) is 10.5. The van der Waals surface area contributed by atoms with E-state index in [4.69, 9.17) is 0 Å². The van der Waals surface area contributed by atoms with Gasteiger partial charge in [0, 0.05) is 22.7 Å². The molecule has 1 heterocycles. The van der Waals surface area contributed by atoms with Gasteiger partial charge in [-0.2, -0.15) is 0 Å². The molecule has 2 aromatic rings. The lowest BCUT2D eigenvalue weighted by atomic mass is 10.1. The van der Waals surface area contributed by atoms with E-state index in [0.29, 0.717) is 18.7 Å². The summed E-state index contributed by atoms with van der Waals surface area (Å²) in [5.74, 6) is 0.0224. The molecule has 21 heavy (non-hydrogen) atoms. The van der Waals surface area contributed by atoms with Crippen LogP contribution in [0.5, 0.6) is 0 Å². The molecule has 110 valence electrons. The highest BCUT2D eigenvalue weighted by Gasteiger charge is 2.17. The summed E-state index contributed by atoms with van der Waals surface area (Å²) in [4.78, 5) is 19.8. The maximum absolute atomic E-state index is 12.7. The van der Waals surface area contributed by atoms with Gasteiger partial charge in [-0.3, -0.25) is 9.78 Å². The molecule has 0 radical (unpaired) electrons. The number of hydrogen-bond donors (Lipinski definition) is 1. The van der Waals surface area contributed by atoms with Gasteiger partial charge < -0.3 is 4.90 Å². The summed E-state index contributed by atoms with van der Waals surface area (Å²) >= 11 is 4.32. The summed E-state index contributed by atoms with van der Waals surface area (Å²) < 4.78 is 0. The molecule has 0 aliphatic carbocycles. The first-order valence-electron chi connectivity index (χ1n) is 7.02. The van der Waals surface area contributed by atoms with Crippen LogP contribution < -0.4 is 0 Å². The van der Waals surface area contributed by atoms with E-state index in [1.807, 2.05) is 57.2 Å². The summed E-state index contributed by atoms with van der Waals surface area (Å²) in [5, 5.41) is 0. The Morgan fingerprint density at radius 1 is 1.24 bits per heavy atom. The Morgan fingerprint density at radius 3 is 2.67 bits per heavy atom. The molecule has 1 amide bonds. The molecule has 0 saturated carbocycles. The predicted molar refractivity (Wildman–Crippen MR) is 87.8 cm³/mol. The maximum atomic E-state index is 12.7. The van der Waals surface area contributed by atoms with Crippen molar-refractivity contribution in [1.82, 2.24) is 9.88 Å². The van der Waals surface area contributed by atoms with Gasteiger partial charge in [-0.15, -0.1) is 12.6 Å². The van der Waals surface area contributed by atoms with Crippen LogP contribution in [0.3, 0.4) is 0 Å². The van der Waals surface area contributed by atoms with Crippen LogP contribution in [0.15, 0.2) is 41.3 Å². The van der Waals surface area contributed by atoms with E-state index in [2.05, 4.69) is 17.6 Å². The van der Waals surface area contributed by atoms with Gasteiger partial charge in [0.05, 0.1) is 12.2 Å². The van der Waals surface area contributed by atoms with E-state index in [1.54, 1.807) is 4.90 Å². The molecule has 0 unspecified atom stereocenters.